The minimum absolute atomic E-state index is 0.0396. The van der Waals surface area contributed by atoms with Crippen molar-refractivity contribution < 1.29 is 95.8 Å². The van der Waals surface area contributed by atoms with E-state index in [0.29, 0.717) is 0 Å². The second-order valence-electron chi connectivity index (χ2n) is 4.68. The molecular formula is C10H3F17I-. The fourth-order valence-corrected chi connectivity index (χ4v) is 3.67. The van der Waals surface area contributed by atoms with E-state index in [1.165, 1.54) is 0 Å². The average Bonchev–Trinajstić information content (AvgIpc) is 2.36. The number of allylic oxidation sites excluding steroid dienone is 2. The van der Waals surface area contributed by atoms with Crippen LogP contribution in [0.1, 0.15) is 0 Å². The van der Waals surface area contributed by atoms with Crippen LogP contribution in [-0.2, 0) is 0 Å². The van der Waals surface area contributed by atoms with E-state index in [9.17, 15) is 74.6 Å². The first-order valence-corrected chi connectivity index (χ1v) is 9.02. The molecule has 0 N–H and O–H groups in total. The first kappa shape index (κ1) is 27.3. The van der Waals surface area contributed by atoms with Gasteiger partial charge in [-0.15, -0.1) is 0 Å². The molecule has 0 heterocycles. The Balaban J connectivity index is 8.02. The Morgan fingerprint density at radius 3 is 0.786 bits per heavy atom. The van der Waals surface area contributed by atoms with Crippen LogP contribution in [0.4, 0.5) is 74.6 Å². The number of rotatable bonds is 3. The molecule has 0 fully saturated rings. The summed E-state index contributed by atoms with van der Waals surface area (Å²) in [6.07, 6.45) is -38.3. The Bertz CT molecular complexity index is 526. The zero-order valence-corrected chi connectivity index (χ0v) is 14.5. The molecule has 0 saturated heterocycles. The van der Waals surface area contributed by atoms with Gasteiger partial charge in [-0.05, 0) is 0 Å². The summed E-state index contributed by atoms with van der Waals surface area (Å²) < 4.78 is 214. The topological polar surface area (TPSA) is 0 Å². The summed E-state index contributed by atoms with van der Waals surface area (Å²) in [6.45, 7) is 0. The second-order valence-corrected chi connectivity index (χ2v) is 6.84. The maximum absolute atomic E-state index is 14.0. The van der Waals surface area contributed by atoms with Gasteiger partial charge >= 0.3 is 152 Å². The summed E-state index contributed by atoms with van der Waals surface area (Å²) in [6, 6.07) is 0. The van der Waals surface area contributed by atoms with Crippen LogP contribution >= 0.6 is 0 Å². The molecule has 0 amide bonds. The van der Waals surface area contributed by atoms with Crippen molar-refractivity contribution in [2.24, 2.45) is 0 Å². The summed E-state index contributed by atoms with van der Waals surface area (Å²) in [4.78, 5) is -0.0396. The van der Waals surface area contributed by atoms with Crippen LogP contribution in [0.15, 0.2) is 9.15 Å². The van der Waals surface area contributed by atoms with Gasteiger partial charge in [-0.25, -0.2) is 0 Å². The van der Waals surface area contributed by atoms with Crippen LogP contribution in [-0.4, -0.2) is 47.1 Å². The number of hydrogen-bond acceptors (Lipinski definition) is 0. The van der Waals surface area contributed by atoms with Crippen molar-refractivity contribution in [1.29, 1.82) is 0 Å². The van der Waals surface area contributed by atoms with E-state index in [2.05, 4.69) is 0 Å². The molecule has 0 nitrogen and oxygen atoms in total. The van der Waals surface area contributed by atoms with E-state index in [-0.39, 0.29) is 4.93 Å². The third-order valence-electron chi connectivity index (χ3n) is 2.91. The number of halogens is 18. The third-order valence-corrected chi connectivity index (χ3v) is 5.14. The Kier molecular flexibility index (Phi) is 7.02. The molecular weight excluding hydrogens is 570 g/mol. The predicted molar refractivity (Wildman–Crippen MR) is 50.9 cm³/mol. The van der Waals surface area contributed by atoms with E-state index >= 15 is 0 Å². The summed E-state index contributed by atoms with van der Waals surface area (Å²) in [5.41, 5.74) is -21.1. The first-order chi connectivity index (χ1) is 11.8. The summed E-state index contributed by atoms with van der Waals surface area (Å²) in [5, 5.41) is 0. The van der Waals surface area contributed by atoms with Gasteiger partial charge in [-0.2, -0.15) is 0 Å². The van der Waals surface area contributed by atoms with Gasteiger partial charge in [0.2, 0.25) is 0 Å². The predicted octanol–water partition coefficient (Wildman–Crippen LogP) is 3.19. The van der Waals surface area contributed by atoms with Crippen LogP contribution < -0.4 is 21.2 Å². The first-order valence-electron chi connectivity index (χ1n) is 5.78. The minimum atomic E-state index is -7.96. The van der Waals surface area contributed by atoms with Gasteiger partial charge in [0.05, 0.1) is 0 Å². The molecule has 0 spiro atoms. The van der Waals surface area contributed by atoms with Gasteiger partial charge in [0, 0.05) is 0 Å². The molecule has 0 aliphatic carbocycles. The molecule has 0 aromatic heterocycles. The zero-order valence-electron chi connectivity index (χ0n) is 12.3. The fourth-order valence-electron chi connectivity index (χ4n) is 1.77. The number of hydrogen-bond donors (Lipinski definition) is 0. The van der Waals surface area contributed by atoms with Crippen LogP contribution in [0.5, 0.6) is 0 Å². The van der Waals surface area contributed by atoms with E-state index in [1.807, 2.05) is 0 Å². The van der Waals surface area contributed by atoms with Gasteiger partial charge in [0.15, 0.2) is 0 Å². The molecule has 0 saturated carbocycles. The molecule has 0 unspecified atom stereocenters. The molecule has 0 aromatic rings. The zero-order chi connectivity index (χ0) is 23.4. The van der Waals surface area contributed by atoms with Crippen molar-refractivity contribution in [3.8, 4) is 0 Å². The van der Waals surface area contributed by atoms with Crippen molar-refractivity contribution in [2.45, 2.75) is 42.2 Å². The second kappa shape index (κ2) is 7.21. The standard InChI is InChI=1S/C10H3F17I/c1-28-3(6(13,14)15)2(4(11,7(16,17)18)8(19,20)21)5(12,9(22,23)24)10(25,26)27/h1H3/q-1. The van der Waals surface area contributed by atoms with Crippen molar-refractivity contribution in [3.05, 3.63) is 9.15 Å². The van der Waals surface area contributed by atoms with Crippen LogP contribution in [0.2, 0.25) is 0 Å². The van der Waals surface area contributed by atoms with Crippen molar-refractivity contribution in [1.82, 2.24) is 0 Å². The third kappa shape index (κ3) is 4.24. The van der Waals surface area contributed by atoms with Gasteiger partial charge in [-0.3, -0.25) is 0 Å². The van der Waals surface area contributed by atoms with E-state index < -0.39 is 72.6 Å². The van der Waals surface area contributed by atoms with Crippen molar-refractivity contribution in [2.75, 3.05) is 4.93 Å². The maximum atomic E-state index is 14.0. The molecule has 0 atom stereocenters. The van der Waals surface area contributed by atoms with Crippen molar-refractivity contribution >= 4 is 0 Å². The molecule has 0 bridgehead atoms. The Morgan fingerprint density at radius 1 is 0.464 bits per heavy atom. The molecule has 170 valence electrons. The molecule has 0 aliphatic rings. The summed E-state index contributed by atoms with van der Waals surface area (Å²) >= 11 is -3.64. The van der Waals surface area contributed by atoms with E-state index in [1.54, 1.807) is 0 Å². The van der Waals surface area contributed by atoms with E-state index in [4.69, 9.17) is 0 Å². The van der Waals surface area contributed by atoms with E-state index in [0.717, 1.165) is 0 Å². The van der Waals surface area contributed by atoms with Crippen molar-refractivity contribution in [3.63, 3.8) is 0 Å². The van der Waals surface area contributed by atoms with Crippen LogP contribution in [0, 0.1) is 0 Å². The molecule has 0 aliphatic heterocycles. The van der Waals surface area contributed by atoms with Crippen LogP contribution in [0.25, 0.3) is 0 Å². The monoisotopic (exact) mass is 573 g/mol. The fraction of sp³-hybridized carbons (Fsp3) is 0.800. The Morgan fingerprint density at radius 2 is 0.679 bits per heavy atom. The number of alkyl halides is 18. The molecule has 28 heavy (non-hydrogen) atoms. The Hall–Kier alpha value is -0.720. The van der Waals surface area contributed by atoms with Gasteiger partial charge in [-0.1, -0.05) is 0 Å². The molecule has 18 heteroatoms. The normalized spacial score (nSPS) is 15.8. The molecule has 0 rings (SSSR count). The molecule has 0 radical (unpaired) electrons. The summed E-state index contributed by atoms with van der Waals surface area (Å²) in [5.74, 6) is 0. The van der Waals surface area contributed by atoms with Gasteiger partial charge in [0.1, 0.15) is 0 Å². The summed E-state index contributed by atoms with van der Waals surface area (Å²) in [7, 11) is 0. The quantitative estimate of drug-likeness (QED) is 0.277. The van der Waals surface area contributed by atoms with Crippen LogP contribution in [0.3, 0.4) is 0 Å². The van der Waals surface area contributed by atoms with Gasteiger partial charge < -0.3 is 0 Å². The molecule has 0 aromatic carbocycles. The average molecular weight is 573 g/mol. The Labute approximate surface area is 153 Å². The SMILES string of the molecule is C[I-]C(=C(C(F)(C(F)(F)F)C(F)(F)F)C(F)(C(F)(F)F)C(F)(F)F)C(F)(F)F. The van der Waals surface area contributed by atoms with Gasteiger partial charge in [0.25, 0.3) is 0 Å².